The third-order valence-corrected chi connectivity index (χ3v) is 5.44. The van der Waals surface area contributed by atoms with E-state index >= 15 is 0 Å². The first-order valence-corrected chi connectivity index (χ1v) is 9.69. The fourth-order valence-corrected chi connectivity index (χ4v) is 4.18. The number of ether oxygens (including phenoxy) is 3. The van der Waals surface area contributed by atoms with Gasteiger partial charge in [-0.05, 0) is 33.3 Å². The largest absolute Gasteiger partial charge is 0.467 e. The Hall–Kier alpha value is -2.26. The number of hydrogen-bond donors (Lipinski definition) is 0. The third kappa shape index (κ3) is 4.19. The molecule has 9 heteroatoms. The van der Waals surface area contributed by atoms with Gasteiger partial charge >= 0.3 is 5.97 Å². The molecule has 1 fully saturated rings. The summed E-state index contributed by atoms with van der Waals surface area (Å²) in [7, 11) is 0. The predicted octanol–water partition coefficient (Wildman–Crippen LogP) is 2.19. The summed E-state index contributed by atoms with van der Waals surface area (Å²) < 4.78 is 16.4. The number of nitrogens with zero attached hydrogens (tertiary/aromatic N) is 3. The normalized spacial score (nSPS) is 19.9. The molecule has 0 bridgehead atoms. The fourth-order valence-electron chi connectivity index (χ4n) is 3.14. The molecule has 146 valence electrons. The van der Waals surface area contributed by atoms with Crippen LogP contribution in [-0.4, -0.2) is 65.3 Å². The second kappa shape index (κ2) is 8.18. The molecule has 0 N–H and O–H groups in total. The molecule has 1 aliphatic heterocycles. The molecule has 2 aromatic heterocycles. The topological polar surface area (TPSA) is 90.8 Å². The number of carbonyl (C=O) groups is 2. The van der Waals surface area contributed by atoms with E-state index < -0.39 is 5.97 Å². The smallest absolute Gasteiger partial charge is 0.348 e. The van der Waals surface area contributed by atoms with Crippen molar-refractivity contribution in [2.24, 2.45) is 0 Å². The molecule has 0 aromatic carbocycles. The van der Waals surface area contributed by atoms with Gasteiger partial charge in [-0.2, -0.15) is 0 Å². The van der Waals surface area contributed by atoms with Gasteiger partial charge in [-0.3, -0.25) is 4.79 Å². The van der Waals surface area contributed by atoms with Crippen LogP contribution in [0.4, 0.5) is 0 Å². The number of amides is 1. The first kappa shape index (κ1) is 19.5. The average molecular weight is 393 g/mol. The van der Waals surface area contributed by atoms with E-state index in [2.05, 4.69) is 9.97 Å². The van der Waals surface area contributed by atoms with Crippen molar-refractivity contribution in [2.75, 3.05) is 26.3 Å². The lowest BCUT2D eigenvalue weighted by Crippen LogP contribution is -2.49. The van der Waals surface area contributed by atoms with Gasteiger partial charge in [0.25, 0.3) is 5.91 Å². The second-order valence-corrected chi connectivity index (χ2v) is 7.48. The van der Waals surface area contributed by atoms with Crippen molar-refractivity contribution in [3.8, 4) is 5.88 Å². The molecule has 1 aliphatic rings. The Morgan fingerprint density at radius 1 is 1.30 bits per heavy atom. The summed E-state index contributed by atoms with van der Waals surface area (Å²) in [6, 6.07) is 0. The lowest BCUT2D eigenvalue weighted by Gasteiger charge is -2.35. The number of thiophene rings is 1. The lowest BCUT2D eigenvalue weighted by atomic mass is 10.2. The molecule has 8 nitrogen and oxygen atoms in total. The highest BCUT2D eigenvalue weighted by Gasteiger charge is 2.27. The number of hydrogen-bond acceptors (Lipinski definition) is 8. The minimum atomic E-state index is -0.392. The second-order valence-electron chi connectivity index (χ2n) is 6.48. The highest BCUT2D eigenvalue weighted by atomic mass is 32.1. The Balaban J connectivity index is 1.77. The van der Waals surface area contributed by atoms with Crippen molar-refractivity contribution in [1.82, 2.24) is 14.9 Å². The zero-order valence-electron chi connectivity index (χ0n) is 15.9. The summed E-state index contributed by atoms with van der Waals surface area (Å²) in [5.41, 5.74) is 0.699. The maximum absolute atomic E-state index is 12.5. The van der Waals surface area contributed by atoms with E-state index in [0.29, 0.717) is 46.2 Å². The van der Waals surface area contributed by atoms with Gasteiger partial charge in [0, 0.05) is 13.1 Å². The van der Waals surface area contributed by atoms with Crippen LogP contribution in [0.1, 0.15) is 36.0 Å². The Kier molecular flexibility index (Phi) is 5.91. The van der Waals surface area contributed by atoms with Crippen LogP contribution in [0.15, 0.2) is 6.33 Å². The quantitative estimate of drug-likeness (QED) is 0.719. The zero-order chi connectivity index (χ0) is 19.6. The molecular weight excluding hydrogens is 370 g/mol. The highest BCUT2D eigenvalue weighted by molar-refractivity contribution is 7.20. The monoisotopic (exact) mass is 393 g/mol. The van der Waals surface area contributed by atoms with Crippen molar-refractivity contribution in [3.05, 3.63) is 16.8 Å². The van der Waals surface area contributed by atoms with E-state index in [9.17, 15) is 9.59 Å². The Morgan fingerprint density at radius 3 is 2.67 bits per heavy atom. The van der Waals surface area contributed by atoms with Crippen LogP contribution in [0, 0.1) is 6.92 Å². The molecule has 3 rings (SSSR count). The Bertz CT molecular complexity index is 843. The molecule has 1 amide bonds. The van der Waals surface area contributed by atoms with Gasteiger partial charge < -0.3 is 19.1 Å². The van der Waals surface area contributed by atoms with Crippen LogP contribution >= 0.6 is 11.3 Å². The maximum atomic E-state index is 12.5. The Labute approximate surface area is 161 Å². The summed E-state index contributed by atoms with van der Waals surface area (Å²) >= 11 is 1.23. The summed E-state index contributed by atoms with van der Waals surface area (Å²) in [6.45, 7) is 8.68. The van der Waals surface area contributed by atoms with Gasteiger partial charge in [-0.25, -0.2) is 14.8 Å². The number of fused-ring (bicyclic) bond motifs is 1. The first-order valence-electron chi connectivity index (χ1n) is 8.88. The van der Waals surface area contributed by atoms with E-state index in [0.717, 1.165) is 0 Å². The zero-order valence-corrected chi connectivity index (χ0v) is 16.7. The minimum absolute atomic E-state index is 0.00490. The molecule has 0 saturated carbocycles. The van der Waals surface area contributed by atoms with E-state index in [-0.39, 0.29) is 24.7 Å². The molecule has 0 radical (unpaired) electrons. The molecular formula is C18H23N3O5S. The van der Waals surface area contributed by atoms with Gasteiger partial charge in [0.15, 0.2) is 6.61 Å². The summed E-state index contributed by atoms with van der Waals surface area (Å²) in [5, 5.41) is 0.641. The molecule has 27 heavy (non-hydrogen) atoms. The number of aryl methyl sites for hydroxylation is 1. The van der Waals surface area contributed by atoms with Crippen LogP contribution in [0.25, 0.3) is 10.2 Å². The first-order chi connectivity index (χ1) is 12.9. The molecule has 1 saturated heterocycles. The molecule has 0 unspecified atom stereocenters. The van der Waals surface area contributed by atoms with E-state index in [1.54, 1.807) is 18.7 Å². The van der Waals surface area contributed by atoms with Gasteiger partial charge in [0.1, 0.15) is 16.0 Å². The van der Waals surface area contributed by atoms with Gasteiger partial charge in [0.05, 0.1) is 24.2 Å². The van der Waals surface area contributed by atoms with E-state index in [4.69, 9.17) is 14.2 Å². The van der Waals surface area contributed by atoms with Gasteiger partial charge in [0.2, 0.25) is 5.88 Å². The molecule has 3 heterocycles. The van der Waals surface area contributed by atoms with Crippen LogP contribution in [-0.2, 0) is 14.3 Å². The number of esters is 1. The Morgan fingerprint density at radius 2 is 2.00 bits per heavy atom. The number of morpholine rings is 1. The van der Waals surface area contributed by atoms with Crippen molar-refractivity contribution >= 4 is 33.4 Å². The van der Waals surface area contributed by atoms with E-state index in [1.165, 1.54) is 17.7 Å². The van der Waals surface area contributed by atoms with Crippen molar-refractivity contribution < 1.29 is 23.8 Å². The van der Waals surface area contributed by atoms with E-state index in [1.807, 2.05) is 13.8 Å². The fraction of sp³-hybridized carbons (Fsp3) is 0.556. The average Bonchev–Trinajstić information content (AvgIpc) is 2.96. The third-order valence-electron chi connectivity index (χ3n) is 4.26. The van der Waals surface area contributed by atoms with Gasteiger partial charge in [-0.1, -0.05) is 0 Å². The summed E-state index contributed by atoms with van der Waals surface area (Å²) in [5.74, 6) is -0.217. The maximum Gasteiger partial charge on any atom is 0.348 e. The minimum Gasteiger partial charge on any atom is -0.467 e. The molecule has 2 atom stereocenters. The number of rotatable bonds is 5. The van der Waals surface area contributed by atoms with Gasteiger partial charge in [-0.15, -0.1) is 11.3 Å². The lowest BCUT2D eigenvalue weighted by molar-refractivity contribution is -0.145. The van der Waals surface area contributed by atoms with Crippen LogP contribution in [0.2, 0.25) is 0 Å². The van der Waals surface area contributed by atoms with Crippen molar-refractivity contribution in [2.45, 2.75) is 39.9 Å². The van der Waals surface area contributed by atoms with Crippen LogP contribution in [0.3, 0.4) is 0 Å². The van der Waals surface area contributed by atoms with Crippen molar-refractivity contribution in [1.29, 1.82) is 0 Å². The van der Waals surface area contributed by atoms with Crippen LogP contribution in [0.5, 0.6) is 5.88 Å². The summed E-state index contributed by atoms with van der Waals surface area (Å²) in [6.07, 6.45) is 1.36. The molecule has 0 spiro atoms. The van der Waals surface area contributed by atoms with Crippen molar-refractivity contribution in [3.63, 3.8) is 0 Å². The highest BCUT2D eigenvalue weighted by Crippen LogP contribution is 2.34. The number of carbonyl (C=O) groups excluding carboxylic acids is 2. The standard InChI is InChI=1S/C18H23N3O5S/c1-5-24-18(23)15-12(4)14-16(19-9-20-17(14)27-15)25-8-13(22)21-6-10(2)26-11(3)7-21/h9-11H,5-8H2,1-4H3/t10-,11+. The predicted molar refractivity (Wildman–Crippen MR) is 100 cm³/mol. The summed E-state index contributed by atoms with van der Waals surface area (Å²) in [4.78, 5) is 35.8. The number of aromatic nitrogens is 2. The SMILES string of the molecule is CCOC(=O)c1sc2ncnc(OCC(=O)N3C[C@@H](C)O[C@@H](C)C3)c2c1C. The van der Waals surface area contributed by atoms with Crippen LogP contribution < -0.4 is 4.74 Å². The molecule has 0 aliphatic carbocycles. The molecule has 2 aromatic rings.